The van der Waals surface area contributed by atoms with Gasteiger partial charge in [-0.15, -0.1) is 0 Å². The highest BCUT2D eigenvalue weighted by Gasteiger charge is 2.24. The summed E-state index contributed by atoms with van der Waals surface area (Å²) in [6.07, 6.45) is 0.510. The molecule has 0 amide bonds. The molecule has 0 aliphatic rings. The van der Waals surface area contributed by atoms with Crippen LogP contribution in [-0.4, -0.2) is 12.9 Å². The Kier molecular flexibility index (Phi) is 4.68. The van der Waals surface area contributed by atoms with Crippen molar-refractivity contribution in [3.63, 3.8) is 0 Å². The van der Waals surface area contributed by atoms with Crippen molar-refractivity contribution in [3.8, 4) is 5.75 Å². The second-order valence-corrected chi connectivity index (χ2v) is 4.70. The van der Waals surface area contributed by atoms with Crippen LogP contribution >= 0.6 is 0 Å². The van der Waals surface area contributed by atoms with E-state index in [9.17, 15) is 13.6 Å². The molecule has 0 radical (unpaired) electrons. The monoisotopic (exact) mass is 290 g/mol. The number of Topliss-reactive ketones (excluding diaryl/α,β-unsaturated/α-hetero) is 1. The van der Waals surface area contributed by atoms with Crippen molar-refractivity contribution >= 4 is 5.78 Å². The van der Waals surface area contributed by atoms with Crippen LogP contribution in [0.15, 0.2) is 42.5 Å². The molecule has 0 saturated heterocycles. The number of methoxy groups -OCH3 is 1. The van der Waals surface area contributed by atoms with Crippen LogP contribution in [-0.2, 0) is 0 Å². The molecule has 1 unspecified atom stereocenters. The van der Waals surface area contributed by atoms with Gasteiger partial charge in [0, 0.05) is 12.0 Å². The molecule has 0 bridgehead atoms. The van der Waals surface area contributed by atoms with Crippen molar-refractivity contribution < 1.29 is 18.3 Å². The first kappa shape index (κ1) is 15.2. The standard InChI is InChI=1S/C17H16F2O2/c1-3-12(11-7-5-4-6-8-11)17(20)13-9-15(19)16(21-2)10-14(13)18/h4-10,12H,3H2,1-2H3. The minimum Gasteiger partial charge on any atom is -0.494 e. The fraction of sp³-hybridized carbons (Fsp3) is 0.235. The van der Waals surface area contributed by atoms with E-state index >= 15 is 0 Å². The molecule has 0 aliphatic carbocycles. The number of hydrogen-bond acceptors (Lipinski definition) is 2. The van der Waals surface area contributed by atoms with Gasteiger partial charge in [0.05, 0.1) is 12.7 Å². The van der Waals surface area contributed by atoms with Gasteiger partial charge in [-0.25, -0.2) is 8.78 Å². The third kappa shape index (κ3) is 3.10. The summed E-state index contributed by atoms with van der Waals surface area (Å²) < 4.78 is 32.4. The fourth-order valence-corrected chi connectivity index (χ4v) is 2.32. The van der Waals surface area contributed by atoms with E-state index in [4.69, 9.17) is 4.74 Å². The SMILES string of the molecule is CCC(C(=O)c1cc(F)c(OC)cc1F)c1ccccc1. The van der Waals surface area contributed by atoms with Crippen molar-refractivity contribution in [2.75, 3.05) is 7.11 Å². The molecule has 1 atom stereocenters. The molecular formula is C17H16F2O2. The van der Waals surface area contributed by atoms with E-state index in [0.29, 0.717) is 6.42 Å². The Balaban J connectivity index is 2.41. The first-order valence-corrected chi connectivity index (χ1v) is 6.70. The highest BCUT2D eigenvalue weighted by molar-refractivity contribution is 6.01. The maximum absolute atomic E-state index is 14.0. The van der Waals surface area contributed by atoms with Crippen LogP contribution in [0.1, 0.15) is 35.2 Å². The van der Waals surface area contributed by atoms with Crippen LogP contribution in [0.25, 0.3) is 0 Å². The quantitative estimate of drug-likeness (QED) is 0.765. The maximum atomic E-state index is 14.0. The van der Waals surface area contributed by atoms with Crippen molar-refractivity contribution in [1.82, 2.24) is 0 Å². The number of carbonyl (C=O) groups excluding carboxylic acids is 1. The predicted octanol–water partition coefficient (Wildman–Crippen LogP) is 4.35. The van der Waals surface area contributed by atoms with Gasteiger partial charge >= 0.3 is 0 Å². The highest BCUT2D eigenvalue weighted by atomic mass is 19.1. The van der Waals surface area contributed by atoms with E-state index in [1.807, 2.05) is 37.3 Å². The predicted molar refractivity (Wildman–Crippen MR) is 76.7 cm³/mol. The van der Waals surface area contributed by atoms with Crippen molar-refractivity contribution in [1.29, 1.82) is 0 Å². The summed E-state index contributed by atoms with van der Waals surface area (Å²) in [4.78, 5) is 12.5. The van der Waals surface area contributed by atoms with Crippen molar-refractivity contribution in [3.05, 3.63) is 65.2 Å². The van der Waals surface area contributed by atoms with E-state index in [2.05, 4.69) is 0 Å². The summed E-state index contributed by atoms with van der Waals surface area (Å²) >= 11 is 0. The van der Waals surface area contributed by atoms with Gasteiger partial charge < -0.3 is 4.74 Å². The summed E-state index contributed by atoms with van der Waals surface area (Å²) in [5.41, 5.74) is 0.546. The van der Waals surface area contributed by atoms with Crippen LogP contribution in [0, 0.1) is 11.6 Å². The number of carbonyl (C=O) groups is 1. The van der Waals surface area contributed by atoms with E-state index in [0.717, 1.165) is 17.7 Å². The maximum Gasteiger partial charge on any atom is 0.173 e. The van der Waals surface area contributed by atoms with E-state index in [1.165, 1.54) is 7.11 Å². The van der Waals surface area contributed by atoms with Gasteiger partial charge in [0.1, 0.15) is 5.82 Å². The minimum absolute atomic E-state index is 0.211. The molecule has 2 aromatic rings. The molecule has 2 nitrogen and oxygen atoms in total. The number of halogens is 2. The molecule has 0 N–H and O–H groups in total. The molecule has 0 fully saturated rings. The average Bonchev–Trinajstić information content (AvgIpc) is 2.50. The lowest BCUT2D eigenvalue weighted by Gasteiger charge is -2.15. The molecule has 21 heavy (non-hydrogen) atoms. The smallest absolute Gasteiger partial charge is 0.173 e. The molecule has 2 aromatic carbocycles. The van der Waals surface area contributed by atoms with Gasteiger partial charge in [-0.05, 0) is 18.1 Å². The summed E-state index contributed by atoms with van der Waals surface area (Å²) in [5, 5.41) is 0. The zero-order valence-corrected chi connectivity index (χ0v) is 11.9. The van der Waals surface area contributed by atoms with E-state index in [1.54, 1.807) is 0 Å². The Morgan fingerprint density at radius 2 is 1.81 bits per heavy atom. The summed E-state index contributed by atoms with van der Waals surface area (Å²) in [6, 6.07) is 10.9. The van der Waals surface area contributed by atoms with Crippen LogP contribution in [0.3, 0.4) is 0 Å². The third-order valence-electron chi connectivity index (χ3n) is 3.43. The lowest BCUT2D eigenvalue weighted by Crippen LogP contribution is -2.14. The van der Waals surface area contributed by atoms with Crippen LogP contribution in [0.4, 0.5) is 8.78 Å². The van der Waals surface area contributed by atoms with Crippen molar-refractivity contribution in [2.24, 2.45) is 0 Å². The Hall–Kier alpha value is -2.23. The van der Waals surface area contributed by atoms with Gasteiger partial charge in [-0.2, -0.15) is 0 Å². The molecule has 0 aliphatic heterocycles. The normalized spacial score (nSPS) is 12.0. The van der Waals surface area contributed by atoms with Gasteiger partial charge in [0.15, 0.2) is 17.3 Å². The summed E-state index contributed by atoms with van der Waals surface area (Å²) in [6.45, 7) is 1.84. The van der Waals surface area contributed by atoms with Crippen molar-refractivity contribution in [2.45, 2.75) is 19.3 Å². The minimum atomic E-state index is -0.771. The molecule has 0 spiro atoms. The molecule has 0 heterocycles. The molecule has 2 rings (SSSR count). The molecule has 0 aromatic heterocycles. The Morgan fingerprint density at radius 3 is 2.38 bits per heavy atom. The fourth-order valence-electron chi connectivity index (χ4n) is 2.32. The number of ketones is 1. The van der Waals surface area contributed by atoms with Crippen LogP contribution < -0.4 is 4.74 Å². The Labute approximate surface area is 122 Å². The Morgan fingerprint density at radius 1 is 1.14 bits per heavy atom. The van der Waals surface area contributed by atoms with Gasteiger partial charge in [0.25, 0.3) is 0 Å². The zero-order valence-electron chi connectivity index (χ0n) is 11.9. The molecular weight excluding hydrogens is 274 g/mol. The largest absolute Gasteiger partial charge is 0.494 e. The second kappa shape index (κ2) is 6.48. The highest BCUT2D eigenvalue weighted by Crippen LogP contribution is 2.28. The summed E-state index contributed by atoms with van der Waals surface area (Å²) in [5.74, 6) is -2.65. The Bertz CT molecular complexity index is 639. The zero-order chi connectivity index (χ0) is 15.4. The van der Waals surface area contributed by atoms with Gasteiger partial charge in [-0.1, -0.05) is 37.3 Å². The number of ether oxygens (including phenoxy) is 1. The van der Waals surface area contributed by atoms with E-state index < -0.39 is 23.3 Å². The molecule has 0 saturated carbocycles. The molecule has 110 valence electrons. The van der Waals surface area contributed by atoms with Crippen LogP contribution in [0.5, 0.6) is 5.75 Å². The van der Waals surface area contributed by atoms with E-state index in [-0.39, 0.29) is 11.3 Å². The average molecular weight is 290 g/mol. The lowest BCUT2D eigenvalue weighted by molar-refractivity contribution is 0.0952. The number of hydrogen-bond donors (Lipinski definition) is 0. The first-order valence-electron chi connectivity index (χ1n) is 6.70. The summed E-state index contributed by atoms with van der Waals surface area (Å²) in [7, 11) is 1.25. The molecule has 4 heteroatoms. The van der Waals surface area contributed by atoms with Gasteiger partial charge in [-0.3, -0.25) is 4.79 Å². The lowest BCUT2D eigenvalue weighted by atomic mass is 9.88. The topological polar surface area (TPSA) is 26.3 Å². The first-order chi connectivity index (χ1) is 10.1. The number of rotatable bonds is 5. The van der Waals surface area contributed by atoms with Crippen LogP contribution in [0.2, 0.25) is 0 Å². The third-order valence-corrected chi connectivity index (χ3v) is 3.43. The second-order valence-electron chi connectivity index (χ2n) is 4.70. The number of benzene rings is 2. The van der Waals surface area contributed by atoms with Gasteiger partial charge in [0.2, 0.25) is 0 Å².